The van der Waals surface area contributed by atoms with Crippen LogP contribution in [0.4, 0.5) is 34.1 Å². The number of rotatable bonds is 22. The largest absolute Gasteiger partial charge is 0.310 e. The molecule has 0 spiro atoms. The second-order valence-corrected chi connectivity index (χ2v) is 25.3. The Morgan fingerprint density at radius 3 is 0.620 bits per heavy atom. The van der Waals surface area contributed by atoms with Crippen LogP contribution in [-0.4, -0.2) is 0 Å². The van der Waals surface area contributed by atoms with Gasteiger partial charge in [-0.3, -0.25) is 0 Å². The van der Waals surface area contributed by atoms with Gasteiger partial charge in [0.1, 0.15) is 0 Å². The maximum atomic E-state index is 2.36. The summed E-state index contributed by atoms with van der Waals surface area (Å²) >= 11 is 0. The highest BCUT2D eigenvalue weighted by Gasteiger charge is 2.17. The molecule has 0 amide bonds. The van der Waals surface area contributed by atoms with Crippen LogP contribution in [0.3, 0.4) is 0 Å². The fourth-order valence-corrected chi connectivity index (χ4v) is 12.5. The van der Waals surface area contributed by atoms with Crippen LogP contribution in [-0.2, 0) is 0 Å². The van der Waals surface area contributed by atoms with Crippen molar-refractivity contribution in [1.82, 2.24) is 0 Å². The lowest BCUT2D eigenvalue weighted by molar-refractivity contribution is 1.24. The number of benzene rings is 13. The van der Waals surface area contributed by atoms with Crippen molar-refractivity contribution in [3.8, 4) is 0 Å². The van der Waals surface area contributed by atoms with Crippen LogP contribution in [0.15, 0.2) is 352 Å². The standard InChI is InChI=1S/C98H80N2/c1-73-31-69-97(75(3)71-73)99(91-61-53-83(54-62-91)49-45-79-37-33-77(34-38-79)19-17-29-95(87-21-9-5-10-22-87)88-23-11-6-12-24-88)93-65-57-85(58-66-93)51-47-81-41-43-82(44-42-81)48-52-86-59-67-94(68-60-86)100(98-70-32-74(2)72-76(98)4)92-63-55-84(56-64-92)50-46-80-39-35-78(36-40-80)20-18-30-96(89-25-13-7-14-26-89)90-27-15-8-16-28-90/h5-72H,1-4H3/b19-17+,20-18+,49-45+,50-46+,51-47+,52-48+. The molecule has 0 fully saturated rings. The Kier molecular flexibility index (Phi) is 21.4. The topological polar surface area (TPSA) is 6.48 Å². The van der Waals surface area contributed by atoms with Crippen molar-refractivity contribution in [3.63, 3.8) is 0 Å². The van der Waals surface area contributed by atoms with Gasteiger partial charge in [-0.2, -0.15) is 0 Å². The van der Waals surface area contributed by atoms with E-state index in [1.165, 1.54) is 55.7 Å². The van der Waals surface area contributed by atoms with Gasteiger partial charge in [0.15, 0.2) is 0 Å². The molecule has 0 unspecified atom stereocenters. The summed E-state index contributed by atoms with van der Waals surface area (Å²) in [5.41, 5.74) is 30.2. The Labute approximate surface area is 591 Å². The molecule has 0 N–H and O–H groups in total. The van der Waals surface area contributed by atoms with E-state index in [4.69, 9.17) is 0 Å². The van der Waals surface area contributed by atoms with Gasteiger partial charge >= 0.3 is 0 Å². The molecule has 13 aromatic rings. The van der Waals surface area contributed by atoms with E-state index in [1.54, 1.807) is 0 Å². The number of hydrogen-bond donors (Lipinski definition) is 0. The smallest absolute Gasteiger partial charge is 0.0490 e. The van der Waals surface area contributed by atoms with Gasteiger partial charge in [0, 0.05) is 34.1 Å². The van der Waals surface area contributed by atoms with Gasteiger partial charge in [-0.25, -0.2) is 0 Å². The number of aryl methyl sites for hydroxylation is 4. The third-order valence-corrected chi connectivity index (χ3v) is 17.9. The van der Waals surface area contributed by atoms with Crippen LogP contribution >= 0.6 is 0 Å². The average Bonchev–Trinajstić information content (AvgIpc) is 0.802. The SMILES string of the molecule is Cc1ccc(N(c2ccc(/C=C/c3ccc(/C=C/C=C(c4ccccc4)c4ccccc4)cc3)cc2)c2ccc(/C=C/c3ccc(/C=C/c4ccc(N(c5ccc(/C=C/c6ccc(/C=C/C=C(c7ccccc7)c7ccccc7)cc6)cc5)c5ccc(C)cc5C)cc4)cc3)cc2)c(C)c1. The van der Waals surface area contributed by atoms with Gasteiger partial charge in [-0.1, -0.05) is 363 Å². The summed E-state index contributed by atoms with van der Waals surface area (Å²) in [5.74, 6) is 0. The van der Waals surface area contributed by atoms with E-state index in [0.717, 1.165) is 89.8 Å². The Morgan fingerprint density at radius 1 is 0.210 bits per heavy atom. The van der Waals surface area contributed by atoms with E-state index in [0.29, 0.717) is 0 Å². The highest BCUT2D eigenvalue weighted by Crippen LogP contribution is 2.40. The monoisotopic (exact) mass is 1280 g/mol. The Bertz CT molecular complexity index is 4680. The first-order chi connectivity index (χ1) is 49.2. The fraction of sp³-hybridized carbons (Fsp3) is 0.0408. The second-order valence-electron chi connectivity index (χ2n) is 25.3. The Morgan fingerprint density at radius 2 is 0.410 bits per heavy atom. The molecule has 0 saturated carbocycles. The molecule has 0 aromatic heterocycles. The van der Waals surface area contributed by atoms with Gasteiger partial charge in [-0.05, 0) is 189 Å². The summed E-state index contributed by atoms with van der Waals surface area (Å²) < 4.78 is 0. The van der Waals surface area contributed by atoms with E-state index in [9.17, 15) is 0 Å². The lowest BCUT2D eigenvalue weighted by Crippen LogP contribution is -2.11. The summed E-state index contributed by atoms with van der Waals surface area (Å²) in [6.07, 6.45) is 30.5. The average molecular weight is 1290 g/mol. The van der Waals surface area contributed by atoms with Crippen LogP contribution < -0.4 is 9.80 Å². The molecule has 2 heteroatoms. The summed E-state index contributed by atoms with van der Waals surface area (Å²) in [5, 5.41) is 0. The maximum Gasteiger partial charge on any atom is 0.0490 e. The number of hydrogen-bond acceptors (Lipinski definition) is 2. The quantitative estimate of drug-likeness (QED) is 0.0493. The van der Waals surface area contributed by atoms with Gasteiger partial charge in [0.25, 0.3) is 0 Å². The van der Waals surface area contributed by atoms with E-state index >= 15 is 0 Å². The van der Waals surface area contributed by atoms with E-state index in [2.05, 4.69) is 450 Å². The maximum absolute atomic E-state index is 2.36. The first-order valence-corrected chi connectivity index (χ1v) is 34.3. The lowest BCUT2D eigenvalue weighted by Gasteiger charge is -2.27. The van der Waals surface area contributed by atoms with Crippen molar-refractivity contribution in [1.29, 1.82) is 0 Å². The predicted octanol–water partition coefficient (Wildman–Crippen LogP) is 26.8. The minimum atomic E-state index is 1.10. The van der Waals surface area contributed by atoms with Crippen molar-refractivity contribution in [2.45, 2.75) is 27.7 Å². The lowest BCUT2D eigenvalue weighted by atomic mass is 9.97. The molecular formula is C98H80N2. The molecule has 13 rings (SSSR count). The molecule has 13 aromatic carbocycles. The number of nitrogens with zero attached hydrogens (tertiary/aromatic N) is 2. The van der Waals surface area contributed by atoms with Crippen molar-refractivity contribution in [3.05, 3.63) is 452 Å². The zero-order valence-corrected chi connectivity index (χ0v) is 57.2. The van der Waals surface area contributed by atoms with Gasteiger partial charge in [-0.15, -0.1) is 0 Å². The first-order valence-electron chi connectivity index (χ1n) is 34.3. The van der Waals surface area contributed by atoms with E-state index in [1.807, 2.05) is 0 Å². The minimum absolute atomic E-state index is 1.10. The summed E-state index contributed by atoms with van der Waals surface area (Å²) in [6, 6.07) is 117. The van der Waals surface area contributed by atoms with Crippen molar-refractivity contribution in [2.24, 2.45) is 0 Å². The molecule has 100 heavy (non-hydrogen) atoms. The van der Waals surface area contributed by atoms with Gasteiger partial charge in [0.05, 0.1) is 0 Å². The summed E-state index contributed by atoms with van der Waals surface area (Å²) in [6.45, 7) is 8.70. The molecule has 2 nitrogen and oxygen atoms in total. The van der Waals surface area contributed by atoms with Gasteiger partial charge < -0.3 is 9.80 Å². The molecule has 0 bridgehead atoms. The number of anilines is 6. The Hall–Kier alpha value is -12.6. The second kappa shape index (κ2) is 32.4. The zero-order valence-electron chi connectivity index (χ0n) is 57.2. The third kappa shape index (κ3) is 17.3. The molecule has 0 aliphatic heterocycles. The minimum Gasteiger partial charge on any atom is -0.310 e. The van der Waals surface area contributed by atoms with Crippen LogP contribution in [0.25, 0.3) is 71.9 Å². The van der Waals surface area contributed by atoms with Crippen LogP contribution in [0.1, 0.15) is 100 Å². The molecule has 0 aliphatic rings. The van der Waals surface area contributed by atoms with E-state index in [-0.39, 0.29) is 0 Å². The molecular weight excluding hydrogens is 1210 g/mol. The molecule has 0 atom stereocenters. The van der Waals surface area contributed by atoms with Crippen LogP contribution in [0, 0.1) is 27.7 Å². The van der Waals surface area contributed by atoms with E-state index < -0.39 is 0 Å². The molecule has 0 radical (unpaired) electrons. The summed E-state index contributed by atoms with van der Waals surface area (Å²) in [7, 11) is 0. The Balaban J connectivity index is 0.631. The normalized spacial score (nSPS) is 11.6. The molecule has 0 saturated heterocycles. The summed E-state index contributed by atoms with van der Waals surface area (Å²) in [4.78, 5) is 4.71. The first kappa shape index (κ1) is 66.0. The molecule has 0 aliphatic carbocycles. The zero-order chi connectivity index (χ0) is 68.2. The van der Waals surface area contributed by atoms with Crippen LogP contribution in [0.5, 0.6) is 0 Å². The van der Waals surface area contributed by atoms with Crippen molar-refractivity contribution < 1.29 is 0 Å². The highest BCUT2D eigenvalue weighted by atomic mass is 15.1. The van der Waals surface area contributed by atoms with Crippen molar-refractivity contribution >= 4 is 106 Å². The van der Waals surface area contributed by atoms with Crippen LogP contribution in [0.2, 0.25) is 0 Å². The van der Waals surface area contributed by atoms with Crippen molar-refractivity contribution in [2.75, 3.05) is 9.80 Å². The fourth-order valence-electron chi connectivity index (χ4n) is 12.5. The predicted molar refractivity (Wildman–Crippen MR) is 434 cm³/mol. The molecule has 0 heterocycles. The molecule has 482 valence electrons. The highest BCUT2D eigenvalue weighted by molar-refractivity contribution is 5.86. The third-order valence-electron chi connectivity index (χ3n) is 17.9. The number of allylic oxidation sites excluding steroid dienone is 4. The van der Waals surface area contributed by atoms with Gasteiger partial charge in [0.2, 0.25) is 0 Å².